The number of nitrogens with one attached hydrogen (secondary N) is 1. The Hall–Kier alpha value is -2.63. The first-order valence-corrected chi connectivity index (χ1v) is 27.3. The number of amides is 1. The van der Waals surface area contributed by atoms with E-state index in [2.05, 4.69) is 104 Å². The van der Waals surface area contributed by atoms with Crippen molar-refractivity contribution in [2.75, 3.05) is 13.2 Å². The highest BCUT2D eigenvalue weighted by atomic mass is 16.7. The van der Waals surface area contributed by atoms with Crippen molar-refractivity contribution < 1.29 is 39.8 Å². The molecule has 0 aromatic rings. The second-order valence-electron chi connectivity index (χ2n) is 18.6. The van der Waals surface area contributed by atoms with E-state index in [0.29, 0.717) is 12.8 Å². The maximum atomic E-state index is 12.8. The summed E-state index contributed by atoms with van der Waals surface area (Å²) in [7, 11) is 0. The van der Waals surface area contributed by atoms with Crippen LogP contribution < -0.4 is 5.32 Å². The molecule has 1 fully saturated rings. The summed E-state index contributed by atoms with van der Waals surface area (Å²) >= 11 is 0. The molecular weight excluding hydrogens is 839 g/mol. The van der Waals surface area contributed by atoms with Gasteiger partial charge in [0.1, 0.15) is 24.4 Å². The Bertz CT molecular complexity index is 1320. The predicted molar refractivity (Wildman–Crippen MR) is 281 cm³/mol. The van der Waals surface area contributed by atoms with Crippen LogP contribution in [0.4, 0.5) is 0 Å². The van der Waals surface area contributed by atoms with Gasteiger partial charge in [-0.05, 0) is 70.6 Å². The minimum Gasteiger partial charge on any atom is -0.394 e. The first-order chi connectivity index (χ1) is 32.8. The molecule has 67 heavy (non-hydrogen) atoms. The van der Waals surface area contributed by atoms with Crippen LogP contribution in [0.2, 0.25) is 0 Å². The minimum absolute atomic E-state index is 0.143. The summed E-state index contributed by atoms with van der Waals surface area (Å²) in [6.07, 6.45) is 60.2. The van der Waals surface area contributed by atoms with Crippen molar-refractivity contribution in [1.29, 1.82) is 0 Å². The lowest BCUT2D eigenvalue weighted by Crippen LogP contribution is -2.60. The van der Waals surface area contributed by atoms with Gasteiger partial charge in [0.15, 0.2) is 6.29 Å². The molecule has 0 spiro atoms. The Morgan fingerprint density at radius 1 is 0.522 bits per heavy atom. The molecule has 0 saturated carbocycles. The van der Waals surface area contributed by atoms with Gasteiger partial charge in [0, 0.05) is 6.42 Å². The number of rotatable bonds is 45. The molecule has 0 aromatic heterocycles. The quantitative estimate of drug-likeness (QED) is 0.0261. The van der Waals surface area contributed by atoms with Gasteiger partial charge >= 0.3 is 0 Å². The fourth-order valence-electron chi connectivity index (χ4n) is 8.20. The number of hydrogen-bond acceptors (Lipinski definition) is 8. The van der Waals surface area contributed by atoms with E-state index in [1.807, 2.05) is 0 Å². The van der Waals surface area contributed by atoms with Gasteiger partial charge in [-0.25, -0.2) is 0 Å². The highest BCUT2D eigenvalue weighted by Crippen LogP contribution is 2.23. The van der Waals surface area contributed by atoms with Gasteiger partial charge in [0.05, 0.1) is 25.4 Å². The number of carbonyl (C=O) groups excluding carboxylic acids is 1. The molecule has 1 heterocycles. The van der Waals surface area contributed by atoms with Gasteiger partial charge in [-0.15, -0.1) is 0 Å². The van der Waals surface area contributed by atoms with E-state index in [1.54, 1.807) is 0 Å². The van der Waals surface area contributed by atoms with Gasteiger partial charge in [0.2, 0.25) is 5.91 Å². The third-order valence-electron chi connectivity index (χ3n) is 12.5. The summed E-state index contributed by atoms with van der Waals surface area (Å²) in [4.78, 5) is 12.8. The van der Waals surface area contributed by atoms with Crippen molar-refractivity contribution in [1.82, 2.24) is 5.32 Å². The highest BCUT2D eigenvalue weighted by molar-refractivity contribution is 5.76. The highest BCUT2D eigenvalue weighted by Gasteiger charge is 2.44. The van der Waals surface area contributed by atoms with E-state index >= 15 is 0 Å². The average molecular weight is 940 g/mol. The van der Waals surface area contributed by atoms with Crippen molar-refractivity contribution in [3.8, 4) is 0 Å². The molecule has 386 valence electrons. The number of carbonyl (C=O) groups is 1. The molecule has 0 bridgehead atoms. The molecule has 0 radical (unpaired) electrons. The molecule has 7 atom stereocenters. The summed E-state index contributed by atoms with van der Waals surface area (Å²) in [5.74, 6) is -0.157. The molecule has 0 aliphatic carbocycles. The Morgan fingerprint density at radius 3 is 1.34 bits per heavy atom. The lowest BCUT2D eigenvalue weighted by molar-refractivity contribution is -0.302. The predicted octanol–water partition coefficient (Wildman–Crippen LogP) is 13.1. The molecule has 7 unspecified atom stereocenters. The van der Waals surface area contributed by atoms with E-state index in [4.69, 9.17) is 9.47 Å². The summed E-state index contributed by atoms with van der Waals surface area (Å²) in [5, 5.41) is 53.7. The van der Waals surface area contributed by atoms with E-state index in [9.17, 15) is 30.3 Å². The third-order valence-corrected chi connectivity index (χ3v) is 12.5. The lowest BCUT2D eigenvalue weighted by Gasteiger charge is -2.40. The van der Waals surface area contributed by atoms with E-state index in [-0.39, 0.29) is 12.5 Å². The lowest BCUT2D eigenvalue weighted by atomic mass is 9.99. The number of aliphatic hydroxyl groups excluding tert-OH is 5. The molecular formula is C58H101NO8. The van der Waals surface area contributed by atoms with Crippen LogP contribution in [0.3, 0.4) is 0 Å². The van der Waals surface area contributed by atoms with Crippen LogP contribution in [0.1, 0.15) is 219 Å². The Balaban J connectivity index is 1.93. The maximum Gasteiger partial charge on any atom is 0.220 e. The van der Waals surface area contributed by atoms with Crippen LogP contribution in [0.15, 0.2) is 85.1 Å². The van der Waals surface area contributed by atoms with Crippen molar-refractivity contribution in [2.45, 2.75) is 262 Å². The summed E-state index contributed by atoms with van der Waals surface area (Å²) < 4.78 is 11.1. The summed E-state index contributed by atoms with van der Waals surface area (Å²) in [5.41, 5.74) is 0. The molecule has 1 saturated heterocycles. The molecule has 0 aromatic carbocycles. The van der Waals surface area contributed by atoms with Crippen LogP contribution >= 0.6 is 0 Å². The largest absolute Gasteiger partial charge is 0.394 e. The molecule has 6 N–H and O–H groups in total. The second-order valence-corrected chi connectivity index (χ2v) is 18.6. The Kier molecular flexibility index (Phi) is 43.8. The smallest absolute Gasteiger partial charge is 0.220 e. The molecule has 9 heteroatoms. The van der Waals surface area contributed by atoms with Crippen LogP contribution in [0, 0.1) is 0 Å². The fourth-order valence-corrected chi connectivity index (χ4v) is 8.20. The topological polar surface area (TPSA) is 149 Å². The van der Waals surface area contributed by atoms with Crippen molar-refractivity contribution >= 4 is 5.91 Å². The van der Waals surface area contributed by atoms with Gasteiger partial charge in [-0.1, -0.05) is 227 Å². The summed E-state index contributed by atoms with van der Waals surface area (Å²) in [6, 6.07) is -0.715. The average Bonchev–Trinajstić information content (AvgIpc) is 3.33. The zero-order valence-corrected chi connectivity index (χ0v) is 42.6. The van der Waals surface area contributed by atoms with Crippen LogP contribution in [0.5, 0.6) is 0 Å². The molecule has 1 rings (SSSR count). The van der Waals surface area contributed by atoms with Gasteiger partial charge in [0.25, 0.3) is 0 Å². The summed E-state index contributed by atoms with van der Waals surface area (Å²) in [6.45, 7) is 3.55. The van der Waals surface area contributed by atoms with E-state index in [0.717, 1.165) is 83.5 Å². The molecule has 9 nitrogen and oxygen atoms in total. The standard InChI is InChI=1S/C58H101NO8/c1-3-5-7-8-9-10-11-12-13-14-15-16-17-18-19-20-21-22-23-24-25-26-27-28-29-30-31-32-33-34-35-36-37-38-39-40-41-42-43-44-46-48-54(62)59-51(52(61)47-45-6-4-2)50-66-58-57(65)56(64)55(63)53(49-60)67-58/h5,7,9-10,12-13,15-16,18-19,21-22,24-25,51-53,55-58,60-61,63-65H,3-4,6,8,11,14,17,20,23,26-50H2,1-2H3,(H,59,62)/b7-5-,10-9-,13-12-,16-15-,19-18-,22-21-,25-24-. The normalized spacial score (nSPS) is 20.4. The number of aliphatic hydroxyl groups is 5. The molecule has 1 amide bonds. The Labute approximate surface area is 410 Å². The molecule has 1 aliphatic rings. The first kappa shape index (κ1) is 62.4. The monoisotopic (exact) mass is 940 g/mol. The number of hydrogen-bond donors (Lipinski definition) is 6. The number of unbranched alkanes of at least 4 members (excludes halogenated alkanes) is 21. The van der Waals surface area contributed by atoms with Crippen molar-refractivity contribution in [2.24, 2.45) is 0 Å². The second kappa shape index (κ2) is 47.1. The third kappa shape index (κ3) is 36.9. The zero-order valence-electron chi connectivity index (χ0n) is 42.6. The maximum absolute atomic E-state index is 12.8. The number of ether oxygens (including phenoxy) is 2. The number of allylic oxidation sites excluding steroid dienone is 14. The van der Waals surface area contributed by atoms with E-state index in [1.165, 1.54) is 109 Å². The van der Waals surface area contributed by atoms with E-state index < -0.39 is 49.5 Å². The van der Waals surface area contributed by atoms with Crippen LogP contribution in [-0.4, -0.2) is 87.5 Å². The minimum atomic E-state index is -1.55. The van der Waals surface area contributed by atoms with Crippen molar-refractivity contribution in [3.05, 3.63) is 85.1 Å². The fraction of sp³-hybridized carbons (Fsp3) is 0.741. The van der Waals surface area contributed by atoms with Crippen molar-refractivity contribution in [3.63, 3.8) is 0 Å². The SMILES string of the molecule is CC/C=C\C/C=C\C/C=C\C/C=C\C/C=C\C/C=C\C/C=C\CCCCCCCCCCCCCCCCCCCCCC(=O)NC(COC1OC(CO)C(O)C(O)C1O)C(O)CCCCC. The first-order valence-electron chi connectivity index (χ1n) is 27.3. The van der Waals surface area contributed by atoms with Crippen LogP contribution in [0.25, 0.3) is 0 Å². The molecule has 1 aliphatic heterocycles. The Morgan fingerprint density at radius 2 is 0.925 bits per heavy atom. The zero-order chi connectivity index (χ0) is 48.7. The van der Waals surface area contributed by atoms with Gasteiger partial charge in [-0.2, -0.15) is 0 Å². The van der Waals surface area contributed by atoms with Gasteiger partial charge < -0.3 is 40.3 Å². The van der Waals surface area contributed by atoms with Gasteiger partial charge in [-0.3, -0.25) is 4.79 Å². The van der Waals surface area contributed by atoms with Crippen LogP contribution in [-0.2, 0) is 14.3 Å².